The van der Waals surface area contributed by atoms with Crippen LogP contribution in [0.15, 0.2) is 29.1 Å². The molecular weight excluding hydrogens is 234 g/mol. The fourth-order valence-corrected chi connectivity index (χ4v) is 1.55. The zero-order valence-corrected chi connectivity index (χ0v) is 10.2. The number of nitrogens with zero attached hydrogens (tertiary/aromatic N) is 3. The second-order valence-corrected chi connectivity index (χ2v) is 4.11. The fraction of sp³-hybridized carbons (Fsp3) is 0.333. The Balaban J connectivity index is 2.32. The molecule has 1 heterocycles. The summed E-state index contributed by atoms with van der Waals surface area (Å²) in [5.74, 6) is -0.503. The quantitative estimate of drug-likeness (QED) is 0.748. The molecule has 2 rings (SSSR count). The van der Waals surface area contributed by atoms with E-state index >= 15 is 0 Å². The third-order valence-electron chi connectivity index (χ3n) is 2.28. The molecule has 0 aliphatic heterocycles. The van der Waals surface area contributed by atoms with Crippen molar-refractivity contribution in [3.05, 3.63) is 34.6 Å². The van der Waals surface area contributed by atoms with E-state index in [2.05, 4.69) is 10.3 Å². The second-order valence-electron chi connectivity index (χ2n) is 4.11. The van der Waals surface area contributed by atoms with Gasteiger partial charge in [-0.3, -0.25) is 9.59 Å². The van der Waals surface area contributed by atoms with E-state index in [1.54, 1.807) is 38.1 Å². The molecule has 0 saturated heterocycles. The number of aromatic nitrogens is 3. The van der Waals surface area contributed by atoms with E-state index in [1.165, 1.54) is 0 Å². The van der Waals surface area contributed by atoms with E-state index in [1.807, 2.05) is 0 Å². The van der Waals surface area contributed by atoms with Gasteiger partial charge in [0.1, 0.15) is 12.1 Å². The lowest BCUT2D eigenvalue weighted by Gasteiger charge is -2.08. The van der Waals surface area contributed by atoms with Gasteiger partial charge in [0, 0.05) is 0 Å². The zero-order chi connectivity index (χ0) is 13.1. The van der Waals surface area contributed by atoms with E-state index in [4.69, 9.17) is 4.74 Å². The summed E-state index contributed by atoms with van der Waals surface area (Å²) < 4.78 is 5.96. The largest absolute Gasteiger partial charge is 0.462 e. The van der Waals surface area contributed by atoms with Gasteiger partial charge in [0.25, 0.3) is 5.56 Å². The van der Waals surface area contributed by atoms with Gasteiger partial charge in [-0.2, -0.15) is 4.68 Å². The van der Waals surface area contributed by atoms with E-state index in [-0.39, 0.29) is 18.2 Å². The average molecular weight is 247 g/mol. The number of hydrogen-bond acceptors (Lipinski definition) is 5. The van der Waals surface area contributed by atoms with Crippen LogP contribution in [0.5, 0.6) is 0 Å². The van der Waals surface area contributed by atoms with Crippen molar-refractivity contribution < 1.29 is 9.53 Å². The van der Waals surface area contributed by atoms with Gasteiger partial charge >= 0.3 is 5.97 Å². The summed E-state index contributed by atoms with van der Waals surface area (Å²) in [7, 11) is 0. The van der Waals surface area contributed by atoms with E-state index in [0.29, 0.717) is 10.9 Å². The highest BCUT2D eigenvalue weighted by Gasteiger charge is 2.11. The van der Waals surface area contributed by atoms with Crippen LogP contribution < -0.4 is 5.56 Å². The third kappa shape index (κ3) is 2.53. The summed E-state index contributed by atoms with van der Waals surface area (Å²) in [5.41, 5.74) is 0.164. The van der Waals surface area contributed by atoms with Gasteiger partial charge in [-0.05, 0) is 26.0 Å². The van der Waals surface area contributed by atoms with Gasteiger partial charge in [-0.25, -0.2) is 0 Å². The van der Waals surface area contributed by atoms with Gasteiger partial charge < -0.3 is 4.74 Å². The number of benzene rings is 1. The molecule has 1 aromatic heterocycles. The van der Waals surface area contributed by atoms with Crippen molar-refractivity contribution in [1.29, 1.82) is 0 Å². The number of carbonyl (C=O) groups is 1. The Labute approximate surface area is 103 Å². The van der Waals surface area contributed by atoms with Crippen LogP contribution in [0, 0.1) is 0 Å². The summed E-state index contributed by atoms with van der Waals surface area (Å²) >= 11 is 0. The number of esters is 1. The highest BCUT2D eigenvalue weighted by atomic mass is 16.5. The van der Waals surface area contributed by atoms with Gasteiger partial charge in [-0.15, -0.1) is 5.10 Å². The van der Waals surface area contributed by atoms with Crippen LogP contribution >= 0.6 is 0 Å². The molecule has 0 unspecified atom stereocenters. The minimum absolute atomic E-state index is 0.221. The summed E-state index contributed by atoms with van der Waals surface area (Å²) in [6.45, 7) is 3.26. The van der Waals surface area contributed by atoms with Gasteiger partial charge in [0.05, 0.1) is 11.5 Å². The molecule has 0 aliphatic carbocycles. The molecule has 0 radical (unpaired) electrons. The Morgan fingerprint density at radius 3 is 2.83 bits per heavy atom. The molecule has 0 N–H and O–H groups in total. The number of carbonyl (C=O) groups excluding carboxylic acids is 1. The lowest BCUT2D eigenvalue weighted by Crippen LogP contribution is -2.29. The number of fused-ring (bicyclic) bond motifs is 1. The van der Waals surface area contributed by atoms with Crippen molar-refractivity contribution in [2.75, 3.05) is 0 Å². The molecule has 94 valence electrons. The van der Waals surface area contributed by atoms with Crippen LogP contribution in [-0.2, 0) is 16.1 Å². The highest BCUT2D eigenvalue weighted by molar-refractivity contribution is 5.77. The number of ether oxygens (including phenoxy) is 1. The topological polar surface area (TPSA) is 74.1 Å². The molecule has 1 aromatic carbocycles. The summed E-state index contributed by atoms with van der Waals surface area (Å²) in [5, 5.41) is 8.02. The maximum Gasteiger partial charge on any atom is 0.328 e. The Hall–Kier alpha value is -2.24. The standard InChI is InChI=1S/C12H13N3O3/c1-8(2)18-11(16)7-15-12(17)9-5-3-4-6-10(9)13-14-15/h3-6,8H,7H2,1-2H3. The van der Waals surface area contributed by atoms with E-state index in [9.17, 15) is 9.59 Å². The Morgan fingerprint density at radius 2 is 2.11 bits per heavy atom. The summed E-state index contributed by atoms with van der Waals surface area (Å²) in [6, 6.07) is 6.85. The minimum atomic E-state index is -0.503. The zero-order valence-electron chi connectivity index (χ0n) is 10.2. The third-order valence-corrected chi connectivity index (χ3v) is 2.28. The molecule has 0 bridgehead atoms. The first-order valence-corrected chi connectivity index (χ1v) is 5.60. The lowest BCUT2D eigenvalue weighted by molar-refractivity contribution is -0.148. The molecule has 2 aromatic rings. The van der Waals surface area contributed by atoms with Crippen LogP contribution in [0.2, 0.25) is 0 Å². The predicted octanol–water partition coefficient (Wildman–Crippen LogP) is 0.743. The van der Waals surface area contributed by atoms with Crippen molar-refractivity contribution in [1.82, 2.24) is 15.0 Å². The maximum atomic E-state index is 12.0. The first-order valence-electron chi connectivity index (χ1n) is 5.60. The summed E-state index contributed by atoms with van der Waals surface area (Å²) in [6.07, 6.45) is -0.221. The molecule has 6 nitrogen and oxygen atoms in total. The molecule has 0 spiro atoms. The Bertz CT molecular complexity index is 634. The van der Waals surface area contributed by atoms with Crippen molar-refractivity contribution in [2.45, 2.75) is 26.5 Å². The first kappa shape index (κ1) is 12.2. The average Bonchev–Trinajstić information content (AvgIpc) is 2.32. The van der Waals surface area contributed by atoms with Crippen molar-refractivity contribution in [2.24, 2.45) is 0 Å². The fourth-order valence-electron chi connectivity index (χ4n) is 1.55. The molecule has 0 fully saturated rings. The van der Waals surface area contributed by atoms with Crippen molar-refractivity contribution in [3.63, 3.8) is 0 Å². The SMILES string of the molecule is CC(C)OC(=O)Cn1nnc2ccccc2c1=O. The minimum Gasteiger partial charge on any atom is -0.462 e. The smallest absolute Gasteiger partial charge is 0.328 e. The second kappa shape index (κ2) is 4.95. The normalized spacial score (nSPS) is 10.8. The van der Waals surface area contributed by atoms with Crippen LogP contribution in [0.3, 0.4) is 0 Å². The lowest BCUT2D eigenvalue weighted by atomic mass is 10.2. The Morgan fingerprint density at radius 1 is 1.39 bits per heavy atom. The predicted molar refractivity (Wildman–Crippen MR) is 65.0 cm³/mol. The molecular formula is C12H13N3O3. The van der Waals surface area contributed by atoms with Crippen LogP contribution in [-0.4, -0.2) is 27.1 Å². The molecule has 6 heteroatoms. The van der Waals surface area contributed by atoms with Crippen LogP contribution in [0.25, 0.3) is 10.9 Å². The maximum absolute atomic E-state index is 12.0. The van der Waals surface area contributed by atoms with Gasteiger partial charge in [-0.1, -0.05) is 17.3 Å². The van der Waals surface area contributed by atoms with E-state index in [0.717, 1.165) is 4.68 Å². The van der Waals surface area contributed by atoms with Gasteiger partial charge in [0.2, 0.25) is 0 Å². The molecule has 0 atom stereocenters. The monoisotopic (exact) mass is 247 g/mol. The first-order chi connectivity index (χ1) is 8.58. The number of rotatable bonds is 3. The van der Waals surface area contributed by atoms with E-state index < -0.39 is 5.97 Å². The number of hydrogen-bond donors (Lipinski definition) is 0. The molecule has 0 aliphatic rings. The van der Waals surface area contributed by atoms with Crippen molar-refractivity contribution in [3.8, 4) is 0 Å². The van der Waals surface area contributed by atoms with Crippen LogP contribution in [0.1, 0.15) is 13.8 Å². The summed E-state index contributed by atoms with van der Waals surface area (Å²) in [4.78, 5) is 23.5. The molecule has 0 amide bonds. The molecule has 18 heavy (non-hydrogen) atoms. The Kier molecular flexibility index (Phi) is 3.36. The highest BCUT2D eigenvalue weighted by Crippen LogP contribution is 2.03. The van der Waals surface area contributed by atoms with Gasteiger partial charge in [0.15, 0.2) is 0 Å². The van der Waals surface area contributed by atoms with Crippen LogP contribution in [0.4, 0.5) is 0 Å². The van der Waals surface area contributed by atoms with Crippen molar-refractivity contribution >= 4 is 16.9 Å². The molecule has 0 saturated carbocycles.